The van der Waals surface area contributed by atoms with E-state index >= 15 is 0 Å². The second-order valence-corrected chi connectivity index (χ2v) is 4.07. The molecule has 0 spiro atoms. The highest BCUT2D eigenvalue weighted by Crippen LogP contribution is 2.29. The van der Waals surface area contributed by atoms with Crippen molar-refractivity contribution in [2.75, 3.05) is 7.11 Å². The quantitative estimate of drug-likeness (QED) is 0.611. The number of rotatable bonds is 2. The van der Waals surface area contributed by atoms with E-state index in [9.17, 15) is 18.0 Å². The number of methoxy groups -OCH3 is 1. The van der Waals surface area contributed by atoms with E-state index < -0.39 is 17.8 Å². The number of halogens is 4. The van der Waals surface area contributed by atoms with E-state index in [2.05, 4.69) is 9.72 Å². The van der Waals surface area contributed by atoms with Gasteiger partial charge in [-0.1, -0.05) is 0 Å². The Morgan fingerprint density at radius 2 is 2.19 bits per heavy atom. The van der Waals surface area contributed by atoms with Crippen LogP contribution in [0.25, 0.3) is 0 Å². The summed E-state index contributed by atoms with van der Waals surface area (Å²) in [6.45, 7) is 0. The number of hydrogen-bond acceptors (Lipinski definition) is 3. The summed E-state index contributed by atoms with van der Waals surface area (Å²) in [7, 11) is 1.18. The summed E-state index contributed by atoms with van der Waals surface area (Å²) in [6.07, 6.45) is -3.61. The van der Waals surface area contributed by atoms with Crippen molar-refractivity contribution >= 4 is 28.6 Å². The second-order valence-electron chi connectivity index (χ2n) is 2.91. The predicted octanol–water partition coefficient (Wildman–Crippen LogP) is 2.42. The molecule has 0 unspecified atom stereocenters. The number of pyridine rings is 1. The number of aromatic nitrogens is 1. The van der Waals surface area contributed by atoms with Crippen LogP contribution in [-0.4, -0.2) is 18.1 Å². The zero-order valence-corrected chi connectivity index (χ0v) is 10.3. The normalized spacial score (nSPS) is 11.3. The number of esters is 1. The van der Waals surface area contributed by atoms with Crippen LogP contribution in [0.4, 0.5) is 13.2 Å². The average molecular weight is 345 g/mol. The molecule has 88 valence electrons. The summed E-state index contributed by atoms with van der Waals surface area (Å²) in [5.74, 6) is -0.586. The number of carbonyl (C=O) groups excluding carboxylic acids is 1. The van der Waals surface area contributed by atoms with Gasteiger partial charge in [-0.2, -0.15) is 13.2 Å². The van der Waals surface area contributed by atoms with Gasteiger partial charge in [0.25, 0.3) is 0 Å². The van der Waals surface area contributed by atoms with Gasteiger partial charge < -0.3 is 4.74 Å². The molecule has 16 heavy (non-hydrogen) atoms. The van der Waals surface area contributed by atoms with E-state index in [4.69, 9.17) is 0 Å². The Morgan fingerprint density at radius 1 is 1.56 bits per heavy atom. The standard InChI is InChI=1S/C9H7F3INO2/c1-16-8(15)3-5-2-7(9(10,11)12)14-4-6(5)13/h2,4H,3H2,1H3. The van der Waals surface area contributed by atoms with Gasteiger partial charge in [-0.25, -0.2) is 0 Å². The molecule has 1 heterocycles. The van der Waals surface area contributed by atoms with Gasteiger partial charge >= 0.3 is 12.1 Å². The first-order chi connectivity index (χ1) is 7.34. The summed E-state index contributed by atoms with van der Waals surface area (Å²) in [6, 6.07) is 0.860. The van der Waals surface area contributed by atoms with E-state index in [0.717, 1.165) is 12.3 Å². The van der Waals surface area contributed by atoms with Crippen LogP contribution >= 0.6 is 22.6 Å². The Balaban J connectivity index is 3.04. The van der Waals surface area contributed by atoms with Crippen molar-refractivity contribution in [3.63, 3.8) is 0 Å². The third-order valence-corrected chi connectivity index (χ3v) is 2.76. The fourth-order valence-corrected chi connectivity index (χ4v) is 1.48. The lowest BCUT2D eigenvalue weighted by atomic mass is 10.1. The molecule has 0 N–H and O–H groups in total. The van der Waals surface area contributed by atoms with Crippen molar-refractivity contribution in [3.05, 3.63) is 27.1 Å². The molecule has 0 bridgehead atoms. The summed E-state index contributed by atoms with van der Waals surface area (Å²) in [5.41, 5.74) is -0.749. The minimum Gasteiger partial charge on any atom is -0.469 e. The lowest BCUT2D eigenvalue weighted by Gasteiger charge is -2.08. The molecular formula is C9H7F3INO2. The fraction of sp³-hybridized carbons (Fsp3) is 0.333. The molecule has 0 atom stereocenters. The summed E-state index contributed by atoms with van der Waals surface area (Å²) in [5, 5.41) is 0. The molecule has 7 heteroatoms. The van der Waals surface area contributed by atoms with Crippen molar-refractivity contribution in [1.29, 1.82) is 0 Å². The van der Waals surface area contributed by atoms with Crippen LogP contribution in [-0.2, 0) is 22.1 Å². The Hall–Kier alpha value is -0.860. The maximum absolute atomic E-state index is 12.3. The van der Waals surface area contributed by atoms with Crippen molar-refractivity contribution in [2.24, 2.45) is 0 Å². The maximum Gasteiger partial charge on any atom is 0.433 e. The summed E-state index contributed by atoms with van der Waals surface area (Å²) in [4.78, 5) is 14.2. The van der Waals surface area contributed by atoms with Crippen LogP contribution in [0.15, 0.2) is 12.3 Å². The number of hydrogen-bond donors (Lipinski definition) is 0. The van der Waals surface area contributed by atoms with Gasteiger partial charge in [0.15, 0.2) is 0 Å². The third-order valence-electron chi connectivity index (χ3n) is 1.79. The molecular weight excluding hydrogens is 338 g/mol. The molecule has 0 aromatic carbocycles. The number of carbonyl (C=O) groups is 1. The van der Waals surface area contributed by atoms with E-state index in [1.807, 2.05) is 22.6 Å². The lowest BCUT2D eigenvalue weighted by molar-refractivity contribution is -0.142. The van der Waals surface area contributed by atoms with Crippen LogP contribution in [0.1, 0.15) is 11.3 Å². The fourth-order valence-electron chi connectivity index (χ4n) is 0.999. The van der Waals surface area contributed by atoms with Gasteiger partial charge in [-0.05, 0) is 34.2 Å². The number of nitrogens with zero attached hydrogens (tertiary/aromatic N) is 1. The molecule has 0 saturated carbocycles. The van der Waals surface area contributed by atoms with E-state index in [0.29, 0.717) is 3.57 Å². The topological polar surface area (TPSA) is 39.2 Å². The highest BCUT2D eigenvalue weighted by atomic mass is 127. The van der Waals surface area contributed by atoms with E-state index in [1.165, 1.54) is 7.11 Å². The molecule has 0 aliphatic rings. The van der Waals surface area contributed by atoms with E-state index in [1.54, 1.807) is 0 Å². The second kappa shape index (κ2) is 4.98. The lowest BCUT2D eigenvalue weighted by Crippen LogP contribution is -2.12. The summed E-state index contributed by atoms with van der Waals surface area (Å²) >= 11 is 1.82. The van der Waals surface area contributed by atoms with Gasteiger partial charge in [0, 0.05) is 9.77 Å². The zero-order valence-electron chi connectivity index (χ0n) is 8.14. The predicted molar refractivity (Wildman–Crippen MR) is 57.7 cm³/mol. The SMILES string of the molecule is COC(=O)Cc1cc(C(F)(F)F)ncc1I. The Bertz CT molecular complexity index is 406. The minimum atomic E-state index is -4.50. The molecule has 0 radical (unpaired) electrons. The number of ether oxygens (including phenoxy) is 1. The maximum atomic E-state index is 12.3. The smallest absolute Gasteiger partial charge is 0.433 e. The first-order valence-electron chi connectivity index (χ1n) is 4.13. The van der Waals surface area contributed by atoms with Crippen molar-refractivity contribution in [3.8, 4) is 0 Å². The molecule has 1 aromatic heterocycles. The minimum absolute atomic E-state index is 0.194. The van der Waals surface area contributed by atoms with Gasteiger partial charge in [-0.15, -0.1) is 0 Å². The average Bonchev–Trinajstić information content (AvgIpc) is 2.19. The van der Waals surface area contributed by atoms with Crippen molar-refractivity contribution in [1.82, 2.24) is 4.98 Å². The summed E-state index contributed by atoms with van der Waals surface area (Å²) < 4.78 is 41.9. The molecule has 0 saturated heterocycles. The molecule has 1 aromatic rings. The monoisotopic (exact) mass is 345 g/mol. The molecule has 0 fully saturated rings. The van der Waals surface area contributed by atoms with Gasteiger partial charge in [0.05, 0.1) is 13.5 Å². The molecule has 0 aliphatic heterocycles. The highest BCUT2D eigenvalue weighted by molar-refractivity contribution is 14.1. The Kier molecular flexibility index (Phi) is 4.11. The van der Waals surface area contributed by atoms with Crippen molar-refractivity contribution in [2.45, 2.75) is 12.6 Å². The van der Waals surface area contributed by atoms with Crippen molar-refractivity contribution < 1.29 is 22.7 Å². The zero-order chi connectivity index (χ0) is 12.3. The molecule has 0 amide bonds. The molecule has 0 aliphatic carbocycles. The molecule has 1 rings (SSSR count). The first-order valence-corrected chi connectivity index (χ1v) is 5.21. The van der Waals surface area contributed by atoms with Gasteiger partial charge in [0.1, 0.15) is 5.69 Å². The van der Waals surface area contributed by atoms with Gasteiger partial charge in [0.2, 0.25) is 0 Å². The van der Waals surface area contributed by atoms with Crippen LogP contribution in [0, 0.1) is 3.57 Å². The first kappa shape index (κ1) is 13.2. The van der Waals surface area contributed by atoms with E-state index in [-0.39, 0.29) is 12.0 Å². The Labute approximate surface area is 103 Å². The Morgan fingerprint density at radius 3 is 2.69 bits per heavy atom. The third kappa shape index (κ3) is 3.32. The van der Waals surface area contributed by atoms with Crippen LogP contribution in [0.3, 0.4) is 0 Å². The molecule has 3 nitrogen and oxygen atoms in total. The van der Waals surface area contributed by atoms with Crippen LogP contribution in [0.5, 0.6) is 0 Å². The highest BCUT2D eigenvalue weighted by Gasteiger charge is 2.33. The van der Waals surface area contributed by atoms with Gasteiger partial charge in [-0.3, -0.25) is 9.78 Å². The largest absolute Gasteiger partial charge is 0.469 e. The number of alkyl halides is 3. The van der Waals surface area contributed by atoms with Crippen LogP contribution in [0.2, 0.25) is 0 Å². The van der Waals surface area contributed by atoms with Crippen LogP contribution < -0.4 is 0 Å².